The SMILES string of the molecule is C=NCNc1ccc(OCCN2CCCC2)cc1. The molecule has 18 heavy (non-hydrogen) atoms. The Morgan fingerprint density at radius 2 is 1.94 bits per heavy atom. The lowest BCUT2D eigenvalue weighted by atomic mass is 10.3. The molecule has 0 aromatic heterocycles. The van der Waals surface area contributed by atoms with Crippen molar-refractivity contribution >= 4 is 12.4 Å². The van der Waals surface area contributed by atoms with Gasteiger partial charge in [-0.3, -0.25) is 9.89 Å². The van der Waals surface area contributed by atoms with E-state index in [4.69, 9.17) is 4.74 Å². The second-order valence-electron chi connectivity index (χ2n) is 4.48. The summed E-state index contributed by atoms with van der Waals surface area (Å²) in [6, 6.07) is 7.96. The van der Waals surface area contributed by atoms with Crippen LogP contribution < -0.4 is 10.1 Å². The minimum Gasteiger partial charge on any atom is -0.492 e. The van der Waals surface area contributed by atoms with Gasteiger partial charge in [-0.05, 0) is 56.9 Å². The van der Waals surface area contributed by atoms with E-state index in [1.165, 1.54) is 25.9 Å². The molecule has 1 aromatic rings. The van der Waals surface area contributed by atoms with Gasteiger partial charge in [0.1, 0.15) is 19.0 Å². The molecule has 1 heterocycles. The van der Waals surface area contributed by atoms with Crippen molar-refractivity contribution in [3.63, 3.8) is 0 Å². The highest BCUT2D eigenvalue weighted by Crippen LogP contribution is 2.15. The van der Waals surface area contributed by atoms with Gasteiger partial charge < -0.3 is 10.1 Å². The molecule has 0 amide bonds. The number of rotatable bonds is 7. The van der Waals surface area contributed by atoms with E-state index in [-0.39, 0.29) is 0 Å². The van der Waals surface area contributed by atoms with Crippen molar-refractivity contribution < 1.29 is 4.74 Å². The molecule has 0 radical (unpaired) electrons. The predicted molar refractivity (Wildman–Crippen MR) is 75.6 cm³/mol. The summed E-state index contributed by atoms with van der Waals surface area (Å²) in [5, 5.41) is 3.13. The minimum atomic E-state index is 0.537. The van der Waals surface area contributed by atoms with E-state index in [0.29, 0.717) is 6.67 Å². The summed E-state index contributed by atoms with van der Waals surface area (Å²) in [4.78, 5) is 6.20. The summed E-state index contributed by atoms with van der Waals surface area (Å²) < 4.78 is 5.72. The van der Waals surface area contributed by atoms with Crippen LogP contribution in [-0.4, -0.2) is 44.5 Å². The van der Waals surface area contributed by atoms with Crippen molar-refractivity contribution in [3.05, 3.63) is 24.3 Å². The lowest BCUT2D eigenvalue weighted by Crippen LogP contribution is -2.25. The normalized spacial score (nSPS) is 15.6. The first-order chi connectivity index (χ1) is 8.88. The summed E-state index contributed by atoms with van der Waals surface area (Å²) in [5.41, 5.74) is 1.04. The van der Waals surface area contributed by atoms with Crippen LogP contribution in [0.1, 0.15) is 12.8 Å². The molecule has 1 aliphatic rings. The van der Waals surface area contributed by atoms with Crippen molar-refractivity contribution in [1.29, 1.82) is 0 Å². The Morgan fingerprint density at radius 3 is 2.61 bits per heavy atom. The molecule has 0 spiro atoms. The van der Waals surface area contributed by atoms with Gasteiger partial charge >= 0.3 is 0 Å². The quantitative estimate of drug-likeness (QED) is 0.751. The molecule has 4 heteroatoms. The smallest absolute Gasteiger partial charge is 0.119 e. The van der Waals surface area contributed by atoms with E-state index in [1.807, 2.05) is 24.3 Å². The van der Waals surface area contributed by atoms with Crippen LogP contribution in [0, 0.1) is 0 Å². The highest BCUT2D eigenvalue weighted by molar-refractivity contribution is 5.46. The summed E-state index contributed by atoms with van der Waals surface area (Å²) in [6.07, 6.45) is 2.66. The maximum atomic E-state index is 5.72. The zero-order valence-corrected chi connectivity index (χ0v) is 10.8. The van der Waals surface area contributed by atoms with Crippen molar-refractivity contribution in [1.82, 2.24) is 4.90 Å². The number of benzene rings is 1. The number of hydrogen-bond acceptors (Lipinski definition) is 4. The first kappa shape index (κ1) is 12.9. The largest absolute Gasteiger partial charge is 0.492 e. The minimum absolute atomic E-state index is 0.537. The van der Waals surface area contributed by atoms with Gasteiger partial charge in [-0.1, -0.05) is 0 Å². The van der Waals surface area contributed by atoms with Gasteiger partial charge in [0, 0.05) is 12.2 Å². The Labute approximate surface area is 109 Å². The Hall–Kier alpha value is -1.55. The molecule has 0 bridgehead atoms. The fourth-order valence-electron chi connectivity index (χ4n) is 2.12. The van der Waals surface area contributed by atoms with Gasteiger partial charge in [-0.25, -0.2) is 0 Å². The zero-order valence-electron chi connectivity index (χ0n) is 10.8. The van der Waals surface area contributed by atoms with Crippen molar-refractivity contribution in [3.8, 4) is 5.75 Å². The molecule has 1 fully saturated rings. The highest BCUT2D eigenvalue weighted by atomic mass is 16.5. The predicted octanol–water partition coefficient (Wildman–Crippen LogP) is 2.23. The Morgan fingerprint density at radius 1 is 1.22 bits per heavy atom. The van der Waals surface area contributed by atoms with E-state index < -0.39 is 0 Å². The maximum Gasteiger partial charge on any atom is 0.119 e. The van der Waals surface area contributed by atoms with Gasteiger partial charge in [0.05, 0.1) is 0 Å². The summed E-state index contributed by atoms with van der Waals surface area (Å²) >= 11 is 0. The average molecular weight is 247 g/mol. The molecule has 0 unspecified atom stereocenters. The number of aliphatic imine (C=N–C) groups is 1. The second kappa shape index (κ2) is 7.01. The summed E-state index contributed by atoms with van der Waals surface area (Å²) in [7, 11) is 0. The fraction of sp³-hybridized carbons (Fsp3) is 0.500. The monoisotopic (exact) mass is 247 g/mol. The van der Waals surface area contributed by atoms with Crippen molar-refractivity contribution in [2.45, 2.75) is 12.8 Å². The van der Waals surface area contributed by atoms with Crippen LogP contribution >= 0.6 is 0 Å². The van der Waals surface area contributed by atoms with Gasteiger partial charge in [0.25, 0.3) is 0 Å². The second-order valence-corrected chi connectivity index (χ2v) is 4.48. The molecule has 1 saturated heterocycles. The van der Waals surface area contributed by atoms with Crippen LogP contribution in [0.5, 0.6) is 5.75 Å². The molecule has 1 aromatic carbocycles. The topological polar surface area (TPSA) is 36.9 Å². The lowest BCUT2D eigenvalue weighted by Gasteiger charge is -2.15. The highest BCUT2D eigenvalue weighted by Gasteiger charge is 2.10. The van der Waals surface area contributed by atoms with E-state index >= 15 is 0 Å². The third kappa shape index (κ3) is 4.04. The molecule has 1 aliphatic heterocycles. The number of likely N-dealkylation sites (tertiary alicyclic amines) is 1. The van der Waals surface area contributed by atoms with Crippen molar-refractivity contribution in [2.75, 3.05) is 38.2 Å². The molecule has 98 valence electrons. The lowest BCUT2D eigenvalue weighted by molar-refractivity contribution is 0.238. The third-order valence-electron chi connectivity index (χ3n) is 3.12. The molecule has 1 N–H and O–H groups in total. The van der Waals surface area contributed by atoms with Gasteiger partial charge in [0.2, 0.25) is 0 Å². The molecule has 2 rings (SSSR count). The number of anilines is 1. The van der Waals surface area contributed by atoms with Crippen LogP contribution in [0.4, 0.5) is 5.69 Å². The van der Waals surface area contributed by atoms with E-state index in [0.717, 1.165) is 24.6 Å². The third-order valence-corrected chi connectivity index (χ3v) is 3.12. The van der Waals surface area contributed by atoms with Crippen LogP contribution in [-0.2, 0) is 0 Å². The van der Waals surface area contributed by atoms with E-state index in [1.54, 1.807) is 0 Å². The number of nitrogens with one attached hydrogen (secondary N) is 1. The van der Waals surface area contributed by atoms with Gasteiger partial charge in [-0.2, -0.15) is 0 Å². The first-order valence-corrected chi connectivity index (χ1v) is 6.50. The fourth-order valence-corrected chi connectivity index (χ4v) is 2.12. The summed E-state index contributed by atoms with van der Waals surface area (Å²) in [5.74, 6) is 0.923. The Bertz CT molecular complexity index is 358. The van der Waals surface area contributed by atoms with Crippen molar-refractivity contribution in [2.24, 2.45) is 4.99 Å². The number of ether oxygens (including phenoxy) is 1. The molecule has 0 aliphatic carbocycles. The van der Waals surface area contributed by atoms with Gasteiger partial charge in [-0.15, -0.1) is 0 Å². The van der Waals surface area contributed by atoms with E-state index in [2.05, 4.69) is 21.9 Å². The molecule has 0 saturated carbocycles. The first-order valence-electron chi connectivity index (χ1n) is 6.50. The van der Waals surface area contributed by atoms with Crippen LogP contribution in [0.15, 0.2) is 29.3 Å². The molecule has 0 atom stereocenters. The standard InChI is InChI=1S/C14H21N3O/c1-15-12-16-13-4-6-14(7-5-13)18-11-10-17-8-2-3-9-17/h4-7,16H,1-3,8-12H2. The van der Waals surface area contributed by atoms with Gasteiger partial charge in [0.15, 0.2) is 0 Å². The average Bonchev–Trinajstić information content (AvgIpc) is 2.91. The molecular weight excluding hydrogens is 226 g/mol. The van der Waals surface area contributed by atoms with Crippen LogP contribution in [0.2, 0.25) is 0 Å². The van der Waals surface area contributed by atoms with E-state index in [9.17, 15) is 0 Å². The van der Waals surface area contributed by atoms with Crippen LogP contribution in [0.3, 0.4) is 0 Å². The summed E-state index contributed by atoms with van der Waals surface area (Å²) in [6.45, 7) is 8.21. The Kier molecular flexibility index (Phi) is 5.02. The van der Waals surface area contributed by atoms with Crippen LogP contribution in [0.25, 0.3) is 0 Å². The maximum absolute atomic E-state index is 5.72. The number of nitrogens with zero attached hydrogens (tertiary/aromatic N) is 2. The Balaban J connectivity index is 1.70. The molecule has 4 nitrogen and oxygen atoms in total. The zero-order chi connectivity index (χ0) is 12.6. The molecular formula is C14H21N3O. The number of hydrogen-bond donors (Lipinski definition) is 1.